The monoisotopic (exact) mass is 504 g/mol. The van der Waals surface area contributed by atoms with Crippen molar-refractivity contribution in [1.29, 1.82) is 0 Å². The second-order valence-electron chi connectivity index (χ2n) is 9.46. The van der Waals surface area contributed by atoms with Crippen LogP contribution in [-0.4, -0.2) is 9.97 Å². The number of benzene rings is 6. The molecule has 2 heterocycles. The van der Waals surface area contributed by atoms with Crippen LogP contribution in [-0.2, 0) is 0 Å². The van der Waals surface area contributed by atoms with E-state index in [-0.39, 0.29) is 0 Å². The molecule has 0 spiro atoms. The normalized spacial score (nSPS) is 11.7. The molecule has 0 radical (unpaired) electrons. The highest BCUT2D eigenvalue weighted by atomic mass is 32.1. The third-order valence-corrected chi connectivity index (χ3v) is 8.21. The average Bonchev–Trinajstić information content (AvgIpc) is 3.60. The zero-order valence-electron chi connectivity index (χ0n) is 20.3. The van der Waals surface area contributed by atoms with Gasteiger partial charge in [-0.15, -0.1) is 11.3 Å². The van der Waals surface area contributed by atoms with E-state index in [9.17, 15) is 0 Å². The largest absolute Gasteiger partial charge is 0.436 e. The molecule has 178 valence electrons. The molecule has 8 aromatic rings. The molecule has 6 aromatic carbocycles. The van der Waals surface area contributed by atoms with Gasteiger partial charge in [0.15, 0.2) is 5.58 Å². The molecule has 0 aliphatic carbocycles. The topological polar surface area (TPSA) is 38.9 Å². The van der Waals surface area contributed by atoms with Crippen molar-refractivity contribution < 1.29 is 4.42 Å². The third-order valence-electron chi connectivity index (χ3n) is 7.12. The number of rotatable bonds is 3. The molecule has 38 heavy (non-hydrogen) atoms. The van der Waals surface area contributed by atoms with E-state index in [0.717, 1.165) is 49.1 Å². The van der Waals surface area contributed by atoms with Gasteiger partial charge in [0.05, 0.1) is 10.2 Å². The van der Waals surface area contributed by atoms with E-state index in [1.54, 1.807) is 11.3 Å². The molecule has 0 saturated heterocycles. The highest BCUT2D eigenvalue weighted by molar-refractivity contribution is 7.21. The predicted molar refractivity (Wildman–Crippen MR) is 159 cm³/mol. The Labute approximate surface area is 222 Å². The molecule has 0 amide bonds. The zero-order valence-corrected chi connectivity index (χ0v) is 21.1. The van der Waals surface area contributed by atoms with E-state index < -0.39 is 0 Å². The number of aromatic nitrogens is 2. The molecule has 0 fully saturated rings. The Bertz CT molecular complexity index is 2090. The van der Waals surface area contributed by atoms with Gasteiger partial charge in [0.1, 0.15) is 10.5 Å². The van der Waals surface area contributed by atoms with Crippen molar-refractivity contribution in [2.45, 2.75) is 0 Å². The zero-order chi connectivity index (χ0) is 25.1. The lowest BCUT2D eigenvalue weighted by atomic mass is 9.93. The minimum atomic E-state index is 0.639. The lowest BCUT2D eigenvalue weighted by Crippen LogP contribution is -1.87. The molecular formula is C34H20N2OS. The van der Waals surface area contributed by atoms with Crippen molar-refractivity contribution in [3.05, 3.63) is 121 Å². The summed E-state index contributed by atoms with van der Waals surface area (Å²) >= 11 is 1.73. The molecule has 3 nitrogen and oxygen atoms in total. The Kier molecular flexibility index (Phi) is 4.69. The molecule has 0 saturated carbocycles. The van der Waals surface area contributed by atoms with Crippen molar-refractivity contribution in [1.82, 2.24) is 9.97 Å². The molecule has 0 unspecified atom stereocenters. The van der Waals surface area contributed by atoms with Gasteiger partial charge in [-0.1, -0.05) is 78.9 Å². The summed E-state index contributed by atoms with van der Waals surface area (Å²) in [6, 6.07) is 42.3. The molecular weight excluding hydrogens is 484 g/mol. The Morgan fingerprint density at radius 2 is 1.34 bits per heavy atom. The van der Waals surface area contributed by atoms with Crippen molar-refractivity contribution in [2.75, 3.05) is 0 Å². The van der Waals surface area contributed by atoms with Crippen LogP contribution >= 0.6 is 11.3 Å². The predicted octanol–water partition coefficient (Wildman–Crippen LogP) is 9.74. The van der Waals surface area contributed by atoms with E-state index in [1.807, 2.05) is 30.3 Å². The minimum absolute atomic E-state index is 0.639. The minimum Gasteiger partial charge on any atom is -0.436 e. The number of para-hydroxylation sites is 3. The van der Waals surface area contributed by atoms with Crippen LogP contribution in [0.3, 0.4) is 0 Å². The Balaban J connectivity index is 1.35. The van der Waals surface area contributed by atoms with Crippen molar-refractivity contribution in [3.8, 4) is 33.2 Å². The highest BCUT2D eigenvalue weighted by Gasteiger charge is 2.15. The number of oxazole rings is 1. The van der Waals surface area contributed by atoms with Crippen LogP contribution in [0.1, 0.15) is 0 Å². The number of nitrogens with zero attached hydrogens (tertiary/aromatic N) is 2. The van der Waals surface area contributed by atoms with Gasteiger partial charge in [-0.3, -0.25) is 0 Å². The highest BCUT2D eigenvalue weighted by Crippen LogP contribution is 2.39. The summed E-state index contributed by atoms with van der Waals surface area (Å²) in [6.45, 7) is 0. The van der Waals surface area contributed by atoms with Gasteiger partial charge in [0.2, 0.25) is 5.89 Å². The number of hydrogen-bond acceptors (Lipinski definition) is 4. The fraction of sp³-hybridized carbons (Fsp3) is 0. The van der Waals surface area contributed by atoms with Gasteiger partial charge in [-0.2, -0.15) is 0 Å². The summed E-state index contributed by atoms with van der Waals surface area (Å²) in [7, 11) is 0. The molecule has 0 aliphatic heterocycles. The first kappa shape index (κ1) is 21.3. The molecule has 4 heteroatoms. The van der Waals surface area contributed by atoms with Gasteiger partial charge in [0, 0.05) is 11.1 Å². The van der Waals surface area contributed by atoms with E-state index in [2.05, 4.69) is 91.0 Å². The first-order chi connectivity index (χ1) is 18.8. The second kappa shape index (κ2) is 8.37. The van der Waals surface area contributed by atoms with Crippen molar-refractivity contribution >= 4 is 54.2 Å². The van der Waals surface area contributed by atoms with Gasteiger partial charge >= 0.3 is 0 Å². The van der Waals surface area contributed by atoms with E-state index in [4.69, 9.17) is 14.4 Å². The molecule has 0 atom stereocenters. The van der Waals surface area contributed by atoms with Crippen LogP contribution in [0.15, 0.2) is 126 Å². The maximum atomic E-state index is 6.23. The van der Waals surface area contributed by atoms with Crippen LogP contribution in [0.5, 0.6) is 0 Å². The maximum absolute atomic E-state index is 6.23. The quantitative estimate of drug-likeness (QED) is 0.240. The molecule has 0 bridgehead atoms. The van der Waals surface area contributed by atoms with E-state index in [0.29, 0.717) is 5.89 Å². The standard InChI is InChI=1S/C34H20N2OS/c1-2-10-25-22(8-1)18-24(20-28(25)33-35-29-12-3-5-14-31(29)37-33)26-11-7-9-21-16-17-23(19-27(21)26)34-36-30-13-4-6-15-32(30)38-34/h1-20H. The molecule has 8 rings (SSSR count). The third kappa shape index (κ3) is 3.42. The summed E-state index contributed by atoms with van der Waals surface area (Å²) in [5.74, 6) is 0.639. The second-order valence-corrected chi connectivity index (χ2v) is 10.5. The van der Waals surface area contributed by atoms with Crippen molar-refractivity contribution in [3.63, 3.8) is 0 Å². The van der Waals surface area contributed by atoms with Crippen LogP contribution < -0.4 is 0 Å². The van der Waals surface area contributed by atoms with Gasteiger partial charge in [-0.25, -0.2) is 9.97 Å². The summed E-state index contributed by atoms with van der Waals surface area (Å²) in [4.78, 5) is 9.74. The van der Waals surface area contributed by atoms with Gasteiger partial charge in [-0.05, 0) is 75.1 Å². The van der Waals surface area contributed by atoms with Crippen LogP contribution in [0.4, 0.5) is 0 Å². The Morgan fingerprint density at radius 1 is 0.526 bits per heavy atom. The molecule has 0 N–H and O–H groups in total. The summed E-state index contributed by atoms with van der Waals surface area (Å²) in [5.41, 5.74) is 7.13. The maximum Gasteiger partial charge on any atom is 0.227 e. The van der Waals surface area contributed by atoms with Gasteiger partial charge < -0.3 is 4.42 Å². The lowest BCUT2D eigenvalue weighted by Gasteiger charge is -2.12. The van der Waals surface area contributed by atoms with Gasteiger partial charge in [0.25, 0.3) is 0 Å². The Morgan fingerprint density at radius 3 is 2.26 bits per heavy atom. The first-order valence-electron chi connectivity index (χ1n) is 12.6. The van der Waals surface area contributed by atoms with Crippen molar-refractivity contribution in [2.24, 2.45) is 0 Å². The van der Waals surface area contributed by atoms with Crippen LogP contribution in [0.25, 0.3) is 76.0 Å². The Hall–Kier alpha value is -4.80. The fourth-order valence-electron chi connectivity index (χ4n) is 5.28. The summed E-state index contributed by atoms with van der Waals surface area (Å²) in [6.07, 6.45) is 0. The number of hydrogen-bond donors (Lipinski definition) is 0. The SMILES string of the molecule is c1cc(-c2cc(-c3nc4ccccc4o3)c3ccccc3c2)c2cc(-c3nc4ccccc4s3)ccc2c1. The van der Waals surface area contributed by atoms with E-state index >= 15 is 0 Å². The summed E-state index contributed by atoms with van der Waals surface area (Å²) in [5, 5.41) is 5.71. The lowest BCUT2D eigenvalue weighted by molar-refractivity contribution is 0.620. The fourth-order valence-corrected chi connectivity index (χ4v) is 6.25. The first-order valence-corrected chi connectivity index (χ1v) is 13.4. The number of thiazole rings is 1. The van der Waals surface area contributed by atoms with E-state index in [1.165, 1.54) is 21.0 Å². The number of fused-ring (bicyclic) bond motifs is 4. The molecule has 2 aromatic heterocycles. The smallest absolute Gasteiger partial charge is 0.227 e. The summed E-state index contributed by atoms with van der Waals surface area (Å²) < 4.78 is 7.43. The van der Waals surface area contributed by atoms with Crippen LogP contribution in [0, 0.1) is 0 Å². The van der Waals surface area contributed by atoms with Crippen LogP contribution in [0.2, 0.25) is 0 Å². The molecule has 0 aliphatic rings. The average molecular weight is 505 g/mol.